The maximum atomic E-state index is 11.0. The number of non-ortho nitro benzene ring substituents is 1. The molecule has 0 radical (unpaired) electrons. The standard InChI is InChI=1S/C8H5N7O6/c16-13(17)4-1-5(14(18)19)8(6(2-4)15(20)21)10-7-3-9-12-11-7/h1-3H,(H2,9,10,11,12). The number of nitro groups is 3. The van der Waals surface area contributed by atoms with E-state index in [9.17, 15) is 30.3 Å². The molecule has 2 rings (SSSR count). The summed E-state index contributed by atoms with van der Waals surface area (Å²) in [4.78, 5) is 29.7. The van der Waals surface area contributed by atoms with Gasteiger partial charge in [0.1, 0.15) is 0 Å². The normalized spacial score (nSPS) is 10.1. The van der Waals surface area contributed by atoms with Gasteiger partial charge in [0.15, 0.2) is 11.5 Å². The van der Waals surface area contributed by atoms with Crippen LogP contribution in [-0.4, -0.2) is 30.2 Å². The fourth-order valence-electron chi connectivity index (χ4n) is 1.51. The maximum absolute atomic E-state index is 11.0. The van der Waals surface area contributed by atoms with Crippen molar-refractivity contribution < 1.29 is 14.8 Å². The summed E-state index contributed by atoms with van der Waals surface area (Å²) >= 11 is 0. The Labute approximate surface area is 114 Å². The summed E-state index contributed by atoms with van der Waals surface area (Å²) in [5.41, 5.74) is -2.93. The monoisotopic (exact) mass is 295 g/mol. The molecule has 108 valence electrons. The third kappa shape index (κ3) is 2.70. The van der Waals surface area contributed by atoms with Crippen molar-refractivity contribution in [2.75, 3.05) is 5.32 Å². The summed E-state index contributed by atoms with van der Waals surface area (Å²) in [6.07, 6.45) is 1.20. The Morgan fingerprint density at radius 2 is 1.57 bits per heavy atom. The summed E-state index contributed by atoms with van der Waals surface area (Å²) < 4.78 is 0. The number of nitro benzene ring substituents is 3. The van der Waals surface area contributed by atoms with Gasteiger partial charge in [-0.15, -0.1) is 5.10 Å². The van der Waals surface area contributed by atoms with Gasteiger partial charge in [0.05, 0.1) is 33.1 Å². The third-order valence-corrected chi connectivity index (χ3v) is 2.36. The van der Waals surface area contributed by atoms with E-state index in [0.717, 1.165) is 0 Å². The second kappa shape index (κ2) is 5.16. The van der Waals surface area contributed by atoms with Crippen LogP contribution in [0.3, 0.4) is 0 Å². The number of hydrogen-bond acceptors (Lipinski definition) is 9. The quantitative estimate of drug-likeness (QED) is 0.605. The van der Waals surface area contributed by atoms with Gasteiger partial charge in [-0.1, -0.05) is 5.21 Å². The van der Waals surface area contributed by atoms with Crippen molar-refractivity contribution in [2.45, 2.75) is 0 Å². The van der Waals surface area contributed by atoms with E-state index in [1.807, 2.05) is 0 Å². The minimum Gasteiger partial charge on any atom is -0.326 e. The third-order valence-electron chi connectivity index (χ3n) is 2.36. The number of nitrogens with zero attached hydrogens (tertiary/aromatic N) is 5. The molecule has 0 fully saturated rings. The molecule has 13 nitrogen and oxygen atoms in total. The average Bonchev–Trinajstić information content (AvgIpc) is 2.90. The number of aromatic amines is 1. The number of hydrogen-bond donors (Lipinski definition) is 2. The van der Waals surface area contributed by atoms with E-state index < -0.39 is 37.5 Å². The van der Waals surface area contributed by atoms with Crippen molar-refractivity contribution in [3.63, 3.8) is 0 Å². The lowest BCUT2D eigenvalue weighted by atomic mass is 10.2. The number of nitrogens with one attached hydrogen (secondary N) is 2. The van der Waals surface area contributed by atoms with Crippen molar-refractivity contribution in [1.29, 1.82) is 0 Å². The van der Waals surface area contributed by atoms with Crippen molar-refractivity contribution in [3.8, 4) is 0 Å². The molecule has 0 aliphatic carbocycles. The number of benzene rings is 1. The van der Waals surface area contributed by atoms with E-state index in [1.165, 1.54) is 6.20 Å². The first-order valence-corrected chi connectivity index (χ1v) is 5.15. The molecule has 0 saturated heterocycles. The Morgan fingerprint density at radius 3 is 1.95 bits per heavy atom. The number of anilines is 2. The predicted molar refractivity (Wildman–Crippen MR) is 66.1 cm³/mol. The highest BCUT2D eigenvalue weighted by atomic mass is 16.6. The van der Waals surface area contributed by atoms with Crippen LogP contribution >= 0.6 is 0 Å². The van der Waals surface area contributed by atoms with Crippen LogP contribution in [0.2, 0.25) is 0 Å². The van der Waals surface area contributed by atoms with Crippen molar-refractivity contribution >= 4 is 28.6 Å². The van der Waals surface area contributed by atoms with Crippen LogP contribution in [0.4, 0.5) is 28.6 Å². The molecule has 0 amide bonds. The maximum Gasteiger partial charge on any atom is 0.306 e. The minimum absolute atomic E-state index is 0.0185. The Hall–Kier alpha value is -3.64. The Kier molecular flexibility index (Phi) is 3.38. The minimum atomic E-state index is -0.970. The SMILES string of the molecule is O=[N+]([O-])c1cc([N+](=O)[O-])c(Nc2c[nH]nn2)c([N+](=O)[O-])c1. The van der Waals surface area contributed by atoms with Crippen LogP contribution in [0, 0.1) is 30.3 Å². The van der Waals surface area contributed by atoms with Crippen molar-refractivity contribution in [3.05, 3.63) is 48.7 Å². The van der Waals surface area contributed by atoms with E-state index in [4.69, 9.17) is 0 Å². The van der Waals surface area contributed by atoms with E-state index in [-0.39, 0.29) is 5.82 Å². The molecule has 0 spiro atoms. The summed E-state index contributed by atoms with van der Waals surface area (Å²) in [6, 6.07) is 1.24. The molecule has 13 heteroatoms. The molecule has 0 aliphatic rings. The van der Waals surface area contributed by atoms with Crippen molar-refractivity contribution in [1.82, 2.24) is 15.4 Å². The molecule has 2 aromatic rings. The van der Waals surface area contributed by atoms with Crippen LogP contribution in [0.5, 0.6) is 0 Å². The van der Waals surface area contributed by atoms with Gasteiger partial charge in [0, 0.05) is 0 Å². The lowest BCUT2D eigenvalue weighted by molar-refractivity contribution is -0.401. The molecule has 0 saturated carbocycles. The Balaban J connectivity index is 2.66. The molecule has 0 atom stereocenters. The van der Waals surface area contributed by atoms with Gasteiger partial charge in [0.2, 0.25) is 0 Å². The highest BCUT2D eigenvalue weighted by Gasteiger charge is 2.31. The zero-order chi connectivity index (χ0) is 15.6. The second-order valence-corrected chi connectivity index (χ2v) is 3.61. The van der Waals surface area contributed by atoms with Crippen LogP contribution < -0.4 is 5.32 Å². The summed E-state index contributed by atoms with van der Waals surface area (Å²) in [5.74, 6) is -0.0185. The Morgan fingerprint density at radius 1 is 1.00 bits per heavy atom. The van der Waals surface area contributed by atoms with Crippen molar-refractivity contribution in [2.24, 2.45) is 0 Å². The zero-order valence-corrected chi connectivity index (χ0v) is 9.92. The van der Waals surface area contributed by atoms with E-state index in [1.54, 1.807) is 0 Å². The number of rotatable bonds is 5. The highest BCUT2D eigenvalue weighted by Crippen LogP contribution is 2.39. The van der Waals surface area contributed by atoms with Gasteiger partial charge in [0.25, 0.3) is 5.69 Å². The van der Waals surface area contributed by atoms with E-state index in [0.29, 0.717) is 12.1 Å². The lowest BCUT2D eigenvalue weighted by Crippen LogP contribution is -2.03. The Bertz CT molecular complexity index is 692. The summed E-state index contributed by atoms with van der Waals surface area (Å²) in [5, 5.41) is 44.1. The fourth-order valence-corrected chi connectivity index (χ4v) is 1.51. The van der Waals surface area contributed by atoms with Gasteiger partial charge >= 0.3 is 11.4 Å². The first kappa shape index (κ1) is 13.8. The molecule has 21 heavy (non-hydrogen) atoms. The molecule has 1 aromatic carbocycles. The van der Waals surface area contributed by atoms with Gasteiger partial charge < -0.3 is 5.32 Å². The number of aromatic nitrogens is 3. The van der Waals surface area contributed by atoms with Gasteiger partial charge in [-0.25, -0.2) is 0 Å². The zero-order valence-electron chi connectivity index (χ0n) is 9.92. The lowest BCUT2D eigenvalue weighted by Gasteiger charge is -2.04. The molecular weight excluding hydrogens is 290 g/mol. The van der Waals surface area contributed by atoms with Gasteiger partial charge in [-0.05, 0) is 0 Å². The van der Waals surface area contributed by atoms with Crippen LogP contribution in [0.25, 0.3) is 0 Å². The highest BCUT2D eigenvalue weighted by molar-refractivity contribution is 5.80. The van der Waals surface area contributed by atoms with Crippen LogP contribution in [0.15, 0.2) is 18.3 Å². The topological polar surface area (TPSA) is 183 Å². The largest absolute Gasteiger partial charge is 0.326 e. The molecular formula is C8H5N7O6. The second-order valence-electron chi connectivity index (χ2n) is 3.61. The van der Waals surface area contributed by atoms with Gasteiger partial charge in [-0.2, -0.15) is 0 Å². The fraction of sp³-hybridized carbons (Fsp3) is 0. The van der Waals surface area contributed by atoms with E-state index >= 15 is 0 Å². The van der Waals surface area contributed by atoms with Crippen LogP contribution in [-0.2, 0) is 0 Å². The molecule has 1 aromatic heterocycles. The first-order valence-electron chi connectivity index (χ1n) is 5.15. The van der Waals surface area contributed by atoms with Gasteiger partial charge in [-0.3, -0.25) is 35.4 Å². The molecule has 0 bridgehead atoms. The predicted octanol–water partition coefficient (Wildman–Crippen LogP) is 1.27. The van der Waals surface area contributed by atoms with E-state index in [2.05, 4.69) is 20.7 Å². The molecule has 0 unspecified atom stereocenters. The smallest absolute Gasteiger partial charge is 0.306 e. The molecule has 1 heterocycles. The average molecular weight is 295 g/mol. The summed E-state index contributed by atoms with van der Waals surface area (Å²) in [7, 11) is 0. The van der Waals surface area contributed by atoms with Crippen LogP contribution in [0.1, 0.15) is 0 Å². The first-order chi connectivity index (χ1) is 9.90. The molecule has 2 N–H and O–H groups in total. The molecule has 0 aliphatic heterocycles. The number of H-pyrrole nitrogens is 1. The summed E-state index contributed by atoms with van der Waals surface area (Å²) in [6.45, 7) is 0.